The molecule has 1 rings (SSSR count). The Morgan fingerprint density at radius 3 is 2.58 bits per heavy atom. The fraction of sp³-hybridized carbons (Fsp3) is 0.273. The molecule has 8 heteroatoms. The maximum atomic E-state index is 11.8. The van der Waals surface area contributed by atoms with Crippen LogP contribution in [0.1, 0.15) is 17.3 Å². The summed E-state index contributed by atoms with van der Waals surface area (Å²) >= 11 is 3.03. The van der Waals surface area contributed by atoms with Crippen LogP contribution in [0.15, 0.2) is 22.7 Å². The van der Waals surface area contributed by atoms with Crippen LogP contribution in [0.2, 0.25) is 0 Å². The first-order valence-electron chi connectivity index (χ1n) is 5.33. The largest absolute Gasteiger partial charge is 0.357 e. The van der Waals surface area contributed by atoms with Crippen LogP contribution >= 0.6 is 15.9 Å². The molecule has 19 heavy (non-hydrogen) atoms. The Labute approximate surface area is 117 Å². The highest BCUT2D eigenvalue weighted by molar-refractivity contribution is 9.10. The summed E-state index contributed by atoms with van der Waals surface area (Å²) in [5, 5.41) is 15.6. The van der Waals surface area contributed by atoms with Crippen LogP contribution in [0, 0.1) is 10.1 Å². The van der Waals surface area contributed by atoms with E-state index in [2.05, 4.69) is 26.6 Å². The second-order valence-electron chi connectivity index (χ2n) is 3.73. The number of carbonyl (C=O) groups is 2. The molecule has 0 aliphatic heterocycles. The first-order chi connectivity index (χ1) is 8.86. The number of rotatable bonds is 4. The summed E-state index contributed by atoms with van der Waals surface area (Å²) in [7, 11) is 1.45. The molecule has 1 aromatic rings. The van der Waals surface area contributed by atoms with Crippen molar-refractivity contribution in [3.63, 3.8) is 0 Å². The van der Waals surface area contributed by atoms with Crippen molar-refractivity contribution in [1.29, 1.82) is 0 Å². The van der Waals surface area contributed by atoms with Crippen LogP contribution in [0.3, 0.4) is 0 Å². The molecule has 1 atom stereocenters. The van der Waals surface area contributed by atoms with E-state index in [9.17, 15) is 19.7 Å². The van der Waals surface area contributed by atoms with Crippen molar-refractivity contribution >= 4 is 33.4 Å². The van der Waals surface area contributed by atoms with Crippen molar-refractivity contribution in [1.82, 2.24) is 10.6 Å². The Morgan fingerprint density at radius 1 is 1.42 bits per heavy atom. The van der Waals surface area contributed by atoms with Gasteiger partial charge in [-0.15, -0.1) is 0 Å². The van der Waals surface area contributed by atoms with Gasteiger partial charge < -0.3 is 10.6 Å². The molecule has 0 fully saturated rings. The zero-order valence-electron chi connectivity index (χ0n) is 10.3. The van der Waals surface area contributed by atoms with Gasteiger partial charge in [-0.2, -0.15) is 0 Å². The Bertz CT molecular complexity index is 533. The topological polar surface area (TPSA) is 101 Å². The number of amides is 2. The highest BCUT2D eigenvalue weighted by Crippen LogP contribution is 2.25. The number of nitrogens with zero attached hydrogens (tertiary/aromatic N) is 1. The lowest BCUT2D eigenvalue weighted by Gasteiger charge is -2.12. The van der Waals surface area contributed by atoms with Crippen molar-refractivity contribution in [2.24, 2.45) is 0 Å². The molecule has 0 saturated heterocycles. The molecule has 0 radical (unpaired) electrons. The Morgan fingerprint density at radius 2 is 2.05 bits per heavy atom. The van der Waals surface area contributed by atoms with Crippen LogP contribution < -0.4 is 10.6 Å². The van der Waals surface area contributed by atoms with Gasteiger partial charge in [0.1, 0.15) is 6.04 Å². The first kappa shape index (κ1) is 15.1. The van der Waals surface area contributed by atoms with Gasteiger partial charge in [0.25, 0.3) is 11.6 Å². The molecule has 0 aliphatic carbocycles. The highest BCUT2D eigenvalue weighted by atomic mass is 79.9. The standard InChI is InChI=1S/C11H12BrN3O4/c1-6(10(16)13-2)14-11(17)7-3-4-8(12)9(5-7)15(18)19/h3-6H,1-2H3,(H,13,16)(H,14,17). The average molecular weight is 330 g/mol. The molecule has 1 aromatic carbocycles. The van der Waals surface area contributed by atoms with Gasteiger partial charge in [0.2, 0.25) is 5.91 Å². The van der Waals surface area contributed by atoms with E-state index in [1.807, 2.05) is 0 Å². The number of nitrogens with one attached hydrogen (secondary N) is 2. The first-order valence-corrected chi connectivity index (χ1v) is 6.12. The van der Waals surface area contributed by atoms with E-state index in [4.69, 9.17) is 0 Å². The smallest absolute Gasteiger partial charge is 0.284 e. The minimum absolute atomic E-state index is 0.116. The molecule has 1 unspecified atom stereocenters. The van der Waals surface area contributed by atoms with Gasteiger partial charge >= 0.3 is 0 Å². The van der Waals surface area contributed by atoms with Gasteiger partial charge in [0, 0.05) is 18.7 Å². The molecule has 2 N–H and O–H groups in total. The van der Waals surface area contributed by atoms with Gasteiger partial charge in [-0.05, 0) is 35.0 Å². The Balaban J connectivity index is 2.92. The van der Waals surface area contributed by atoms with E-state index >= 15 is 0 Å². The molecule has 0 spiro atoms. The van der Waals surface area contributed by atoms with E-state index in [-0.39, 0.29) is 21.6 Å². The zero-order valence-corrected chi connectivity index (χ0v) is 11.9. The van der Waals surface area contributed by atoms with Crippen LogP contribution in [-0.4, -0.2) is 29.8 Å². The van der Waals surface area contributed by atoms with Crippen LogP contribution in [-0.2, 0) is 4.79 Å². The van der Waals surface area contributed by atoms with Crippen LogP contribution in [0.4, 0.5) is 5.69 Å². The lowest BCUT2D eigenvalue weighted by atomic mass is 10.1. The van der Waals surface area contributed by atoms with Gasteiger partial charge in [-0.3, -0.25) is 19.7 Å². The summed E-state index contributed by atoms with van der Waals surface area (Å²) in [6, 6.07) is 3.27. The maximum Gasteiger partial charge on any atom is 0.284 e. The number of likely N-dealkylation sites (N-methyl/N-ethyl adjacent to an activating group) is 1. The van der Waals surface area contributed by atoms with E-state index in [0.717, 1.165) is 6.07 Å². The summed E-state index contributed by atoms with van der Waals surface area (Å²) in [6.07, 6.45) is 0. The molecule has 7 nitrogen and oxygen atoms in total. The van der Waals surface area contributed by atoms with Crippen molar-refractivity contribution in [3.05, 3.63) is 38.3 Å². The second kappa shape index (κ2) is 6.28. The Hall–Kier alpha value is -1.96. The summed E-state index contributed by atoms with van der Waals surface area (Å²) < 4.78 is 0.286. The van der Waals surface area contributed by atoms with Crippen LogP contribution in [0.25, 0.3) is 0 Å². The fourth-order valence-electron chi connectivity index (χ4n) is 1.36. The SMILES string of the molecule is CNC(=O)C(C)NC(=O)c1ccc(Br)c([N+](=O)[O-])c1. The van der Waals surface area contributed by atoms with Crippen molar-refractivity contribution in [3.8, 4) is 0 Å². The number of benzene rings is 1. The molecule has 0 aromatic heterocycles. The summed E-state index contributed by atoms with van der Waals surface area (Å²) in [6.45, 7) is 1.52. The van der Waals surface area contributed by atoms with Gasteiger partial charge in [0.15, 0.2) is 0 Å². The quantitative estimate of drug-likeness (QED) is 0.640. The van der Waals surface area contributed by atoms with Crippen molar-refractivity contribution in [2.75, 3.05) is 7.05 Å². The zero-order chi connectivity index (χ0) is 14.6. The lowest BCUT2D eigenvalue weighted by molar-refractivity contribution is -0.385. The molecular weight excluding hydrogens is 318 g/mol. The van der Waals surface area contributed by atoms with E-state index in [1.165, 1.54) is 26.1 Å². The van der Waals surface area contributed by atoms with Gasteiger partial charge in [-0.25, -0.2) is 0 Å². The molecule has 2 amide bonds. The highest BCUT2D eigenvalue weighted by Gasteiger charge is 2.19. The average Bonchev–Trinajstić information content (AvgIpc) is 2.37. The molecule has 0 bridgehead atoms. The maximum absolute atomic E-state index is 11.8. The van der Waals surface area contributed by atoms with Gasteiger partial charge in [-0.1, -0.05) is 0 Å². The Kier molecular flexibility index (Phi) is 4.99. The summed E-state index contributed by atoms with van der Waals surface area (Å²) in [4.78, 5) is 33.3. The molecular formula is C11H12BrN3O4. The number of hydrogen-bond acceptors (Lipinski definition) is 4. The van der Waals surface area contributed by atoms with Gasteiger partial charge in [0.05, 0.1) is 9.40 Å². The monoisotopic (exact) mass is 329 g/mol. The molecule has 0 aliphatic rings. The van der Waals surface area contributed by atoms with Crippen molar-refractivity contribution in [2.45, 2.75) is 13.0 Å². The van der Waals surface area contributed by atoms with Crippen molar-refractivity contribution < 1.29 is 14.5 Å². The summed E-state index contributed by atoms with van der Waals surface area (Å²) in [5.74, 6) is -0.897. The predicted octanol–water partition coefficient (Wildman–Crippen LogP) is 1.22. The molecule has 102 valence electrons. The number of nitro benzene ring substituents is 1. The van der Waals surface area contributed by atoms with E-state index < -0.39 is 16.9 Å². The van der Waals surface area contributed by atoms with Crippen LogP contribution in [0.5, 0.6) is 0 Å². The number of carbonyl (C=O) groups excluding carboxylic acids is 2. The van der Waals surface area contributed by atoms with E-state index in [1.54, 1.807) is 0 Å². The summed E-state index contributed by atoms with van der Waals surface area (Å²) in [5.41, 5.74) is -0.0918. The third-order valence-corrected chi connectivity index (χ3v) is 3.06. The minimum Gasteiger partial charge on any atom is -0.357 e. The second-order valence-corrected chi connectivity index (χ2v) is 4.59. The normalized spacial score (nSPS) is 11.5. The predicted molar refractivity (Wildman–Crippen MR) is 71.8 cm³/mol. The fourth-order valence-corrected chi connectivity index (χ4v) is 1.75. The third kappa shape index (κ3) is 3.75. The third-order valence-electron chi connectivity index (χ3n) is 2.39. The lowest BCUT2D eigenvalue weighted by Crippen LogP contribution is -2.43. The number of hydrogen-bond donors (Lipinski definition) is 2. The van der Waals surface area contributed by atoms with E-state index in [0.29, 0.717) is 0 Å². The number of halogens is 1. The number of nitro groups is 1. The minimum atomic E-state index is -0.722. The molecule has 0 heterocycles. The molecule has 0 saturated carbocycles.